The van der Waals surface area contributed by atoms with Crippen LogP contribution >= 0.6 is 0 Å². The first-order valence-electron chi connectivity index (χ1n) is 10.5. The van der Waals surface area contributed by atoms with Crippen LogP contribution in [-0.4, -0.2) is 29.1 Å². The van der Waals surface area contributed by atoms with Gasteiger partial charge in [-0.25, -0.2) is 8.42 Å². The molecule has 1 saturated carbocycles. The number of pyridine rings is 2. The van der Waals surface area contributed by atoms with Gasteiger partial charge in [0.05, 0.1) is 10.1 Å². The lowest BCUT2D eigenvalue weighted by molar-refractivity contribution is -0.121. The van der Waals surface area contributed by atoms with Crippen molar-refractivity contribution >= 4 is 21.4 Å². The van der Waals surface area contributed by atoms with Gasteiger partial charge in [0.15, 0.2) is 9.84 Å². The minimum Gasteiger partial charge on any atom is -0.393 e. The summed E-state index contributed by atoms with van der Waals surface area (Å²) in [5.74, 6) is -0.368. The Morgan fingerprint density at radius 2 is 1.87 bits per heavy atom. The number of hydrogen-bond donors (Lipinski definition) is 2. The van der Waals surface area contributed by atoms with Crippen LogP contribution < -0.4 is 16.6 Å². The van der Waals surface area contributed by atoms with Gasteiger partial charge in [0, 0.05) is 23.6 Å². The molecule has 0 atom stereocenters. The van der Waals surface area contributed by atoms with Crippen molar-refractivity contribution in [2.45, 2.75) is 76.1 Å². The van der Waals surface area contributed by atoms with E-state index in [0.29, 0.717) is 18.5 Å². The molecule has 2 heterocycles. The molecule has 1 amide bonds. The third-order valence-electron chi connectivity index (χ3n) is 5.92. The first-order valence-corrected chi connectivity index (χ1v) is 12.1. The summed E-state index contributed by atoms with van der Waals surface area (Å²) in [7, 11) is -3.68. The number of nitrogens with one attached hydrogen (secondary N) is 1. The molecule has 31 heavy (non-hydrogen) atoms. The first-order chi connectivity index (χ1) is 14.6. The Morgan fingerprint density at radius 1 is 1.19 bits per heavy atom. The fraction of sp³-hybridized carbons (Fsp3) is 0.500. The van der Waals surface area contributed by atoms with Crippen LogP contribution in [-0.2, 0) is 27.7 Å². The number of carbonyl (C=O) groups excluding carboxylic acids is 1. The fourth-order valence-electron chi connectivity index (χ4n) is 4.04. The van der Waals surface area contributed by atoms with Crippen LogP contribution in [0.15, 0.2) is 27.9 Å². The molecule has 0 radical (unpaired) electrons. The largest absolute Gasteiger partial charge is 0.393 e. The van der Waals surface area contributed by atoms with Gasteiger partial charge in [-0.05, 0) is 51.3 Å². The molecule has 0 aromatic carbocycles. The topological polar surface area (TPSA) is 124 Å². The van der Waals surface area contributed by atoms with Crippen LogP contribution in [0.25, 0.3) is 0 Å². The standard InChI is InChI=1S/C22H30N4O4S/c1-14-9-10-17(16(3)25-14)12-24-20(27)13-26-15(2)11-19(21(23)22(26)28)31(29,30)18-7-5-4-6-8-18/h9-11,18H,4-8,12-13,23H2,1-3H3,(H,24,27). The van der Waals surface area contributed by atoms with Crippen LogP contribution in [0.5, 0.6) is 0 Å². The molecule has 0 aliphatic heterocycles. The molecule has 3 rings (SSSR count). The van der Waals surface area contributed by atoms with Gasteiger partial charge in [-0.3, -0.25) is 14.6 Å². The Bertz CT molecular complexity index is 1150. The maximum Gasteiger partial charge on any atom is 0.275 e. The average molecular weight is 447 g/mol. The molecule has 0 bridgehead atoms. The average Bonchev–Trinajstić information content (AvgIpc) is 2.73. The van der Waals surface area contributed by atoms with Gasteiger partial charge in [-0.1, -0.05) is 25.3 Å². The SMILES string of the molecule is Cc1ccc(CNC(=O)Cn2c(C)cc(S(=O)(=O)C3CCCCC3)c(N)c2=O)c(C)n1. The third-order valence-corrected chi connectivity index (χ3v) is 8.22. The monoisotopic (exact) mass is 446 g/mol. The summed E-state index contributed by atoms with van der Waals surface area (Å²) in [6.45, 7) is 5.43. The summed E-state index contributed by atoms with van der Waals surface area (Å²) in [6, 6.07) is 5.19. The summed E-state index contributed by atoms with van der Waals surface area (Å²) < 4.78 is 27.3. The van der Waals surface area contributed by atoms with E-state index in [9.17, 15) is 18.0 Å². The Kier molecular flexibility index (Phi) is 6.83. The van der Waals surface area contributed by atoms with Gasteiger partial charge in [0.25, 0.3) is 5.56 Å². The lowest BCUT2D eigenvalue weighted by Gasteiger charge is -2.23. The molecular formula is C22H30N4O4S. The van der Waals surface area contributed by atoms with Gasteiger partial charge >= 0.3 is 0 Å². The van der Waals surface area contributed by atoms with Crippen molar-refractivity contribution in [2.75, 3.05) is 5.73 Å². The molecule has 0 spiro atoms. The predicted molar refractivity (Wildman–Crippen MR) is 119 cm³/mol. The zero-order valence-electron chi connectivity index (χ0n) is 18.3. The van der Waals surface area contributed by atoms with E-state index < -0.39 is 20.6 Å². The number of anilines is 1. The lowest BCUT2D eigenvalue weighted by Crippen LogP contribution is -2.35. The Hall–Kier alpha value is -2.68. The zero-order chi connectivity index (χ0) is 22.8. The molecule has 9 heteroatoms. The number of hydrogen-bond acceptors (Lipinski definition) is 6. The number of rotatable bonds is 6. The molecule has 1 aliphatic carbocycles. The van der Waals surface area contributed by atoms with E-state index in [1.54, 1.807) is 6.92 Å². The van der Waals surface area contributed by atoms with E-state index in [4.69, 9.17) is 5.73 Å². The van der Waals surface area contributed by atoms with Crippen molar-refractivity contribution in [1.29, 1.82) is 0 Å². The highest BCUT2D eigenvalue weighted by atomic mass is 32.2. The number of aromatic nitrogens is 2. The van der Waals surface area contributed by atoms with Gasteiger partial charge in [0.1, 0.15) is 12.2 Å². The number of carbonyl (C=O) groups is 1. The second-order valence-corrected chi connectivity index (χ2v) is 10.4. The highest BCUT2D eigenvalue weighted by Gasteiger charge is 2.32. The van der Waals surface area contributed by atoms with Gasteiger partial charge in [-0.2, -0.15) is 0 Å². The number of nitrogens with zero attached hydrogens (tertiary/aromatic N) is 2. The second-order valence-electron chi connectivity index (χ2n) is 8.23. The van der Waals surface area contributed by atoms with Crippen molar-refractivity contribution < 1.29 is 13.2 Å². The third kappa shape index (κ3) is 4.98. The first kappa shape index (κ1) is 23.0. The van der Waals surface area contributed by atoms with E-state index in [2.05, 4.69) is 10.3 Å². The molecule has 2 aromatic rings. The minimum atomic E-state index is -3.68. The van der Waals surface area contributed by atoms with Crippen molar-refractivity contribution in [2.24, 2.45) is 0 Å². The van der Waals surface area contributed by atoms with Crippen molar-refractivity contribution in [3.8, 4) is 0 Å². The molecule has 0 saturated heterocycles. The molecule has 168 valence electrons. The van der Waals surface area contributed by atoms with Crippen LogP contribution in [0, 0.1) is 20.8 Å². The van der Waals surface area contributed by atoms with Gasteiger partial charge < -0.3 is 15.6 Å². The zero-order valence-corrected chi connectivity index (χ0v) is 19.1. The normalized spacial score (nSPS) is 15.1. The number of sulfone groups is 1. The van der Waals surface area contributed by atoms with E-state index in [0.717, 1.165) is 36.2 Å². The summed E-state index contributed by atoms with van der Waals surface area (Å²) in [6.07, 6.45) is 3.90. The van der Waals surface area contributed by atoms with Crippen LogP contribution in [0.1, 0.15) is 54.7 Å². The molecule has 1 aliphatic rings. The van der Waals surface area contributed by atoms with Crippen LogP contribution in [0.2, 0.25) is 0 Å². The number of aryl methyl sites for hydroxylation is 3. The number of nitrogens with two attached hydrogens (primary N) is 1. The summed E-state index contributed by atoms with van der Waals surface area (Å²) >= 11 is 0. The summed E-state index contributed by atoms with van der Waals surface area (Å²) in [4.78, 5) is 29.5. The Labute approximate surface area is 182 Å². The quantitative estimate of drug-likeness (QED) is 0.701. The van der Waals surface area contributed by atoms with Gasteiger partial charge in [-0.15, -0.1) is 0 Å². The highest BCUT2D eigenvalue weighted by molar-refractivity contribution is 7.92. The smallest absolute Gasteiger partial charge is 0.275 e. The molecule has 2 aromatic heterocycles. The van der Waals surface area contributed by atoms with E-state index in [1.807, 2.05) is 26.0 Å². The number of amides is 1. The van der Waals surface area contributed by atoms with Crippen molar-refractivity contribution in [3.63, 3.8) is 0 Å². The maximum absolute atomic E-state index is 13.0. The molecule has 3 N–H and O–H groups in total. The molecule has 8 nitrogen and oxygen atoms in total. The van der Waals surface area contributed by atoms with E-state index >= 15 is 0 Å². The molecular weight excluding hydrogens is 416 g/mol. The van der Waals surface area contributed by atoms with Crippen molar-refractivity contribution in [3.05, 3.63) is 51.2 Å². The van der Waals surface area contributed by atoms with Crippen LogP contribution in [0.3, 0.4) is 0 Å². The highest BCUT2D eigenvalue weighted by Crippen LogP contribution is 2.30. The van der Waals surface area contributed by atoms with Crippen LogP contribution in [0.4, 0.5) is 5.69 Å². The Morgan fingerprint density at radius 3 is 2.52 bits per heavy atom. The van der Waals surface area contributed by atoms with E-state index in [1.165, 1.54) is 10.6 Å². The lowest BCUT2D eigenvalue weighted by atomic mass is 10.0. The minimum absolute atomic E-state index is 0.111. The predicted octanol–water partition coefficient (Wildman–Crippen LogP) is 2.17. The fourth-order valence-corrected chi connectivity index (χ4v) is 6.08. The summed E-state index contributed by atoms with van der Waals surface area (Å²) in [5, 5.41) is 2.27. The van der Waals surface area contributed by atoms with Crippen molar-refractivity contribution in [1.82, 2.24) is 14.9 Å². The molecule has 1 fully saturated rings. The van der Waals surface area contributed by atoms with Gasteiger partial charge in [0.2, 0.25) is 5.91 Å². The summed E-state index contributed by atoms with van der Waals surface area (Å²) in [5.41, 5.74) is 7.99. The number of nitrogen functional groups attached to an aromatic ring is 1. The van der Waals surface area contributed by atoms with E-state index in [-0.39, 0.29) is 29.6 Å². The Balaban J connectivity index is 1.78. The second kappa shape index (κ2) is 9.21. The maximum atomic E-state index is 13.0. The molecule has 0 unspecified atom stereocenters.